The number of hydrogen-bond donors (Lipinski definition) is 2. The standard InChI is InChI=1S/C22H21FN4O2.2ClH/c1-26-10-17(13-4-6-27(7-5-13)12-20(28)29)22-18(11-26)16-9-15(23)8-14-2-3-19(21(14)16)24-25-22;;/h2-4,8-9,11,25H,5-7,10,12H2,1H3,(H,28,29);2*1H. The first kappa shape index (κ1) is 23.1. The van der Waals surface area contributed by atoms with Crippen molar-refractivity contribution in [1.82, 2.24) is 15.2 Å². The molecule has 31 heavy (non-hydrogen) atoms. The molecule has 6 nitrogen and oxygen atoms in total. The average Bonchev–Trinajstić information content (AvgIpc) is 3.01. The van der Waals surface area contributed by atoms with Crippen molar-refractivity contribution in [2.75, 3.05) is 33.2 Å². The summed E-state index contributed by atoms with van der Waals surface area (Å²) in [6.45, 7) is 2.07. The molecule has 3 aliphatic heterocycles. The highest BCUT2D eigenvalue weighted by atomic mass is 35.5. The first-order valence-corrected chi connectivity index (χ1v) is 9.65. The predicted molar refractivity (Wildman–Crippen MR) is 124 cm³/mol. The Balaban J connectivity index is 0.00000136. The third kappa shape index (κ3) is 4.13. The van der Waals surface area contributed by atoms with Gasteiger partial charge in [-0.3, -0.25) is 15.1 Å². The quantitative estimate of drug-likeness (QED) is 0.718. The molecular weight excluding hydrogens is 442 g/mol. The zero-order valence-corrected chi connectivity index (χ0v) is 18.5. The maximum atomic E-state index is 14.3. The second-order valence-corrected chi connectivity index (χ2v) is 7.78. The van der Waals surface area contributed by atoms with Gasteiger partial charge < -0.3 is 10.0 Å². The molecule has 164 valence electrons. The number of nitrogens with one attached hydrogen (secondary N) is 1. The molecule has 0 radical (unpaired) electrons. The van der Waals surface area contributed by atoms with Gasteiger partial charge in [-0.2, -0.15) is 5.10 Å². The maximum Gasteiger partial charge on any atom is 0.317 e. The summed E-state index contributed by atoms with van der Waals surface area (Å²) in [6, 6.07) is 3.13. The highest BCUT2D eigenvalue weighted by molar-refractivity contribution is 6.20. The molecule has 1 aliphatic carbocycles. The van der Waals surface area contributed by atoms with Crippen molar-refractivity contribution < 1.29 is 14.3 Å². The van der Waals surface area contributed by atoms with E-state index < -0.39 is 5.97 Å². The van der Waals surface area contributed by atoms with Crippen LogP contribution in [-0.2, 0) is 4.79 Å². The number of halogens is 3. The summed E-state index contributed by atoms with van der Waals surface area (Å²) < 4.78 is 14.3. The van der Waals surface area contributed by atoms with E-state index in [9.17, 15) is 9.18 Å². The molecule has 0 unspecified atom stereocenters. The van der Waals surface area contributed by atoms with Gasteiger partial charge in [-0.1, -0.05) is 12.2 Å². The Morgan fingerprint density at radius 3 is 2.81 bits per heavy atom. The number of likely N-dealkylation sites (N-methyl/N-ethyl adjacent to an activating group) is 1. The molecule has 0 spiro atoms. The maximum absolute atomic E-state index is 14.3. The van der Waals surface area contributed by atoms with E-state index in [1.807, 2.05) is 30.3 Å². The third-order valence-corrected chi connectivity index (χ3v) is 5.76. The molecule has 0 amide bonds. The van der Waals surface area contributed by atoms with E-state index in [-0.39, 0.29) is 37.2 Å². The van der Waals surface area contributed by atoms with Crippen LogP contribution in [0.15, 0.2) is 52.4 Å². The molecule has 0 atom stereocenters. The summed E-state index contributed by atoms with van der Waals surface area (Å²) in [5.41, 5.74) is 10.9. The number of aliphatic carboxylic acids is 1. The lowest BCUT2D eigenvalue weighted by Crippen LogP contribution is -2.35. The van der Waals surface area contributed by atoms with Crippen molar-refractivity contribution in [1.29, 1.82) is 0 Å². The van der Waals surface area contributed by atoms with Crippen LogP contribution >= 0.6 is 24.8 Å². The molecule has 3 heterocycles. The number of rotatable bonds is 3. The number of carboxylic acids is 1. The number of nitrogens with zero attached hydrogens (tertiary/aromatic N) is 3. The second-order valence-electron chi connectivity index (χ2n) is 7.78. The van der Waals surface area contributed by atoms with E-state index in [1.165, 1.54) is 5.57 Å². The van der Waals surface area contributed by atoms with Gasteiger partial charge in [0.25, 0.3) is 0 Å². The number of fused-ring (bicyclic) bond motifs is 2. The average molecular weight is 465 g/mol. The van der Waals surface area contributed by atoms with Crippen molar-refractivity contribution in [3.8, 4) is 0 Å². The van der Waals surface area contributed by atoms with Crippen molar-refractivity contribution in [3.63, 3.8) is 0 Å². The summed E-state index contributed by atoms with van der Waals surface area (Å²) in [4.78, 5) is 15.0. The van der Waals surface area contributed by atoms with E-state index >= 15 is 0 Å². The number of carboxylic acid groups (broad SMARTS) is 1. The summed E-state index contributed by atoms with van der Waals surface area (Å²) >= 11 is 0. The fourth-order valence-electron chi connectivity index (χ4n) is 4.45. The predicted octanol–water partition coefficient (Wildman–Crippen LogP) is 3.26. The number of carbonyl (C=O) groups is 1. The number of allylic oxidation sites excluding steroid dienone is 2. The zero-order valence-electron chi connectivity index (χ0n) is 16.9. The second kappa shape index (κ2) is 8.86. The molecule has 0 aromatic heterocycles. The summed E-state index contributed by atoms with van der Waals surface area (Å²) in [7, 11) is 2.01. The van der Waals surface area contributed by atoms with Gasteiger partial charge in [0.05, 0.1) is 18.0 Å². The highest BCUT2D eigenvalue weighted by Crippen LogP contribution is 2.39. The molecule has 1 aromatic carbocycles. The van der Waals surface area contributed by atoms with Crippen LogP contribution in [0.3, 0.4) is 0 Å². The smallest absolute Gasteiger partial charge is 0.317 e. The SMILES string of the molecule is CN1C=C2C(=C(C3=CCN(CC(=O)O)CC3)C1)NN=C1C=Cc3cc(F)cc2c31.Cl.Cl. The van der Waals surface area contributed by atoms with Gasteiger partial charge in [-0.15, -0.1) is 24.8 Å². The molecule has 0 bridgehead atoms. The Bertz CT molecular complexity index is 1090. The Kier molecular flexibility index (Phi) is 6.59. The van der Waals surface area contributed by atoms with E-state index in [0.717, 1.165) is 52.2 Å². The largest absolute Gasteiger partial charge is 0.480 e. The van der Waals surface area contributed by atoms with E-state index in [0.29, 0.717) is 13.1 Å². The topological polar surface area (TPSA) is 68.2 Å². The Morgan fingerprint density at radius 2 is 2.10 bits per heavy atom. The van der Waals surface area contributed by atoms with Gasteiger partial charge in [0, 0.05) is 49.6 Å². The van der Waals surface area contributed by atoms with Crippen molar-refractivity contribution >= 4 is 48.1 Å². The summed E-state index contributed by atoms with van der Waals surface area (Å²) in [5.74, 6) is -1.07. The summed E-state index contributed by atoms with van der Waals surface area (Å²) in [6.07, 6.45) is 8.72. The Hall–Kier alpha value is -2.61. The van der Waals surface area contributed by atoms with Crippen LogP contribution in [0.5, 0.6) is 0 Å². The van der Waals surface area contributed by atoms with E-state index in [2.05, 4.69) is 21.5 Å². The van der Waals surface area contributed by atoms with Crippen LogP contribution in [0.2, 0.25) is 0 Å². The molecule has 1 aromatic rings. The lowest BCUT2D eigenvalue weighted by atomic mass is 9.88. The van der Waals surface area contributed by atoms with Gasteiger partial charge >= 0.3 is 5.97 Å². The van der Waals surface area contributed by atoms with Gasteiger partial charge in [0.15, 0.2) is 0 Å². The number of benzene rings is 1. The Labute approximate surface area is 192 Å². The van der Waals surface area contributed by atoms with Crippen molar-refractivity contribution in [2.45, 2.75) is 6.42 Å². The van der Waals surface area contributed by atoms with Crippen LogP contribution in [-0.4, -0.2) is 59.8 Å². The van der Waals surface area contributed by atoms with Gasteiger partial charge in [-0.05, 0) is 41.3 Å². The van der Waals surface area contributed by atoms with Gasteiger partial charge in [0.2, 0.25) is 0 Å². The van der Waals surface area contributed by atoms with Crippen molar-refractivity contribution in [3.05, 3.63) is 69.8 Å². The normalized spacial score (nSPS) is 19.0. The van der Waals surface area contributed by atoms with Gasteiger partial charge in [-0.25, -0.2) is 4.39 Å². The van der Waals surface area contributed by atoms with Gasteiger partial charge in [0.1, 0.15) is 5.82 Å². The monoisotopic (exact) mass is 464 g/mol. The number of hydrazone groups is 1. The van der Waals surface area contributed by atoms with Crippen molar-refractivity contribution in [2.24, 2.45) is 5.10 Å². The third-order valence-electron chi connectivity index (χ3n) is 5.76. The van der Waals surface area contributed by atoms with Crippen LogP contribution in [0.1, 0.15) is 23.1 Å². The first-order chi connectivity index (χ1) is 14.0. The molecular formula is C22H23Cl2FN4O2. The van der Waals surface area contributed by atoms with E-state index in [4.69, 9.17) is 5.11 Å². The fraction of sp³-hybridized carbons (Fsp3) is 0.273. The lowest BCUT2D eigenvalue weighted by molar-refractivity contribution is -0.138. The molecule has 0 saturated heterocycles. The Morgan fingerprint density at radius 1 is 1.29 bits per heavy atom. The molecule has 5 rings (SSSR count). The minimum absolute atomic E-state index is 0. The first-order valence-electron chi connectivity index (χ1n) is 9.65. The lowest BCUT2D eigenvalue weighted by Gasteiger charge is -2.32. The van der Waals surface area contributed by atoms with Crippen LogP contribution in [0, 0.1) is 5.82 Å². The minimum Gasteiger partial charge on any atom is -0.480 e. The van der Waals surface area contributed by atoms with E-state index in [1.54, 1.807) is 12.1 Å². The fourth-order valence-corrected chi connectivity index (χ4v) is 4.45. The molecule has 0 fully saturated rings. The molecule has 2 N–H and O–H groups in total. The van der Waals surface area contributed by atoms with Crippen LogP contribution < -0.4 is 5.43 Å². The number of hydrogen-bond acceptors (Lipinski definition) is 5. The van der Waals surface area contributed by atoms with Crippen LogP contribution in [0.4, 0.5) is 4.39 Å². The molecule has 0 saturated carbocycles. The minimum atomic E-state index is -0.809. The zero-order chi connectivity index (χ0) is 20.1. The highest BCUT2D eigenvalue weighted by Gasteiger charge is 2.30. The molecule has 9 heteroatoms. The van der Waals surface area contributed by atoms with Crippen LogP contribution in [0.25, 0.3) is 11.6 Å². The summed E-state index contributed by atoms with van der Waals surface area (Å²) in [5, 5.41) is 13.6. The molecule has 4 aliphatic rings.